The first-order valence-electron chi connectivity index (χ1n) is 7.35. The average Bonchev–Trinajstić information content (AvgIpc) is 2.92. The Kier molecular flexibility index (Phi) is 3.49. The van der Waals surface area contributed by atoms with E-state index in [1.165, 1.54) is 0 Å². The van der Waals surface area contributed by atoms with Crippen LogP contribution >= 0.6 is 0 Å². The molecule has 21 heavy (non-hydrogen) atoms. The van der Waals surface area contributed by atoms with E-state index in [4.69, 9.17) is 0 Å². The van der Waals surface area contributed by atoms with Crippen molar-refractivity contribution < 1.29 is 9.90 Å². The molecule has 3 rings (SSSR count). The summed E-state index contributed by atoms with van der Waals surface area (Å²) in [5, 5.41) is 18.8. The molecule has 110 valence electrons. The highest BCUT2D eigenvalue weighted by molar-refractivity contribution is 5.91. The fourth-order valence-corrected chi connectivity index (χ4v) is 3.29. The number of aromatic nitrogens is 2. The van der Waals surface area contributed by atoms with Gasteiger partial charge in [0, 0.05) is 18.5 Å². The maximum Gasteiger partial charge on any atom is 0.311 e. The summed E-state index contributed by atoms with van der Waals surface area (Å²) in [7, 11) is 0. The Morgan fingerprint density at radius 2 is 2.24 bits per heavy atom. The highest BCUT2D eigenvalue weighted by Gasteiger charge is 2.44. The molecule has 0 amide bonds. The molecule has 0 saturated carbocycles. The van der Waals surface area contributed by atoms with Gasteiger partial charge in [0.15, 0.2) is 0 Å². The molecule has 1 aromatic heterocycles. The maximum absolute atomic E-state index is 11.7. The van der Waals surface area contributed by atoms with Gasteiger partial charge in [-0.2, -0.15) is 10.2 Å². The zero-order chi connectivity index (χ0) is 14.9. The van der Waals surface area contributed by atoms with Crippen molar-refractivity contribution in [2.75, 3.05) is 18.0 Å². The molecule has 1 atom stereocenters. The number of nitrogens with zero attached hydrogens (tertiary/aromatic N) is 3. The minimum absolute atomic E-state index is 0.547. The number of rotatable bonds is 4. The van der Waals surface area contributed by atoms with Crippen LogP contribution in [0.2, 0.25) is 0 Å². The van der Waals surface area contributed by atoms with E-state index < -0.39 is 11.4 Å². The van der Waals surface area contributed by atoms with E-state index in [0.717, 1.165) is 36.0 Å². The van der Waals surface area contributed by atoms with Crippen LogP contribution in [0.3, 0.4) is 0 Å². The molecule has 5 heteroatoms. The number of fused-ring (bicyclic) bond motifs is 1. The van der Waals surface area contributed by atoms with Crippen LogP contribution in [0, 0.1) is 5.41 Å². The Morgan fingerprint density at radius 1 is 1.43 bits per heavy atom. The van der Waals surface area contributed by atoms with E-state index in [0.29, 0.717) is 13.0 Å². The molecule has 5 nitrogen and oxygen atoms in total. The molecule has 1 saturated heterocycles. The molecule has 0 radical (unpaired) electrons. The van der Waals surface area contributed by atoms with Crippen LogP contribution in [0.25, 0.3) is 10.9 Å². The van der Waals surface area contributed by atoms with Gasteiger partial charge in [-0.3, -0.25) is 4.79 Å². The van der Waals surface area contributed by atoms with Crippen LogP contribution in [0.5, 0.6) is 0 Å². The Morgan fingerprint density at radius 3 is 3.00 bits per heavy atom. The third-order valence-corrected chi connectivity index (χ3v) is 4.40. The van der Waals surface area contributed by atoms with Gasteiger partial charge >= 0.3 is 5.97 Å². The molecule has 0 bridgehead atoms. The van der Waals surface area contributed by atoms with Crippen LogP contribution < -0.4 is 4.90 Å². The third-order valence-electron chi connectivity index (χ3n) is 4.40. The van der Waals surface area contributed by atoms with Crippen LogP contribution in [-0.4, -0.2) is 34.4 Å². The fraction of sp³-hybridized carbons (Fsp3) is 0.438. The van der Waals surface area contributed by atoms with Gasteiger partial charge in [0.05, 0.1) is 22.8 Å². The second-order valence-corrected chi connectivity index (χ2v) is 5.75. The molecule has 2 aromatic rings. The van der Waals surface area contributed by atoms with Gasteiger partial charge in [-0.15, -0.1) is 0 Å². The van der Waals surface area contributed by atoms with Crippen molar-refractivity contribution in [3.8, 4) is 0 Å². The number of anilines is 1. The van der Waals surface area contributed by atoms with Crippen molar-refractivity contribution in [2.45, 2.75) is 26.2 Å². The van der Waals surface area contributed by atoms with Gasteiger partial charge in [0.2, 0.25) is 0 Å². The summed E-state index contributed by atoms with van der Waals surface area (Å²) in [5.74, 6) is -0.682. The number of carboxylic acid groups (broad SMARTS) is 1. The van der Waals surface area contributed by atoms with E-state index in [-0.39, 0.29) is 0 Å². The van der Waals surface area contributed by atoms with E-state index in [9.17, 15) is 9.90 Å². The Balaban J connectivity index is 1.96. The predicted octanol–water partition coefficient (Wildman–Crippen LogP) is 2.71. The molecule has 0 aliphatic carbocycles. The second kappa shape index (κ2) is 5.31. The quantitative estimate of drug-likeness (QED) is 0.935. The van der Waals surface area contributed by atoms with Crippen molar-refractivity contribution in [3.63, 3.8) is 0 Å². The Bertz CT molecular complexity index is 668. The third kappa shape index (κ3) is 2.33. The fourth-order valence-electron chi connectivity index (χ4n) is 3.29. The average molecular weight is 285 g/mol. The summed E-state index contributed by atoms with van der Waals surface area (Å²) >= 11 is 0. The summed E-state index contributed by atoms with van der Waals surface area (Å²) in [6.07, 6.45) is 4.03. The topological polar surface area (TPSA) is 66.3 Å². The lowest BCUT2D eigenvalue weighted by Gasteiger charge is -2.25. The number of benzene rings is 1. The van der Waals surface area contributed by atoms with Crippen molar-refractivity contribution in [2.24, 2.45) is 5.41 Å². The highest BCUT2D eigenvalue weighted by Crippen LogP contribution is 2.39. The van der Waals surface area contributed by atoms with Gasteiger partial charge in [0.1, 0.15) is 0 Å². The molecular weight excluding hydrogens is 266 g/mol. The molecule has 1 N–H and O–H groups in total. The lowest BCUT2D eigenvalue weighted by molar-refractivity contribution is -0.148. The minimum atomic E-state index is -0.682. The van der Waals surface area contributed by atoms with Crippen LogP contribution in [0.4, 0.5) is 5.69 Å². The first-order valence-corrected chi connectivity index (χ1v) is 7.35. The number of hydrogen-bond acceptors (Lipinski definition) is 4. The molecule has 1 unspecified atom stereocenters. The van der Waals surface area contributed by atoms with Gasteiger partial charge in [-0.05, 0) is 18.9 Å². The largest absolute Gasteiger partial charge is 0.481 e. The minimum Gasteiger partial charge on any atom is -0.481 e. The summed E-state index contributed by atoms with van der Waals surface area (Å²) in [6, 6.07) is 7.85. The van der Waals surface area contributed by atoms with Gasteiger partial charge in [-0.25, -0.2) is 0 Å². The standard InChI is InChI=1S/C16H19N3O2/c1-2-7-16(15(20)21)8-9-19(11-16)14-10-17-18-13-6-4-3-5-12(13)14/h3-6,10H,2,7-9,11H2,1H3,(H,20,21). The zero-order valence-electron chi connectivity index (χ0n) is 12.1. The van der Waals surface area contributed by atoms with Gasteiger partial charge in [0.25, 0.3) is 0 Å². The van der Waals surface area contributed by atoms with Crippen molar-refractivity contribution in [3.05, 3.63) is 30.5 Å². The molecule has 1 fully saturated rings. The highest BCUT2D eigenvalue weighted by atomic mass is 16.4. The number of carbonyl (C=O) groups is 1. The molecule has 0 spiro atoms. The van der Waals surface area contributed by atoms with Crippen molar-refractivity contribution >= 4 is 22.6 Å². The maximum atomic E-state index is 11.7. The summed E-state index contributed by atoms with van der Waals surface area (Å²) in [4.78, 5) is 13.8. The summed E-state index contributed by atoms with van der Waals surface area (Å²) in [5.41, 5.74) is 1.21. The SMILES string of the molecule is CCCC1(C(=O)O)CCN(c2cnnc3ccccc23)C1. The summed E-state index contributed by atoms with van der Waals surface area (Å²) < 4.78 is 0. The molecule has 2 heterocycles. The Labute approximate surface area is 123 Å². The number of aliphatic carboxylic acids is 1. The zero-order valence-corrected chi connectivity index (χ0v) is 12.1. The normalized spacial score (nSPS) is 21.9. The monoisotopic (exact) mass is 285 g/mol. The molecule has 1 aliphatic heterocycles. The van der Waals surface area contributed by atoms with Crippen LogP contribution in [0.15, 0.2) is 30.5 Å². The van der Waals surface area contributed by atoms with E-state index in [2.05, 4.69) is 15.1 Å². The summed E-state index contributed by atoms with van der Waals surface area (Å²) in [6.45, 7) is 3.34. The van der Waals surface area contributed by atoms with Crippen LogP contribution in [0.1, 0.15) is 26.2 Å². The van der Waals surface area contributed by atoms with Crippen molar-refractivity contribution in [1.82, 2.24) is 10.2 Å². The Hall–Kier alpha value is -2.17. The lowest BCUT2D eigenvalue weighted by Crippen LogP contribution is -2.34. The smallest absolute Gasteiger partial charge is 0.311 e. The van der Waals surface area contributed by atoms with E-state index in [1.54, 1.807) is 6.20 Å². The van der Waals surface area contributed by atoms with Crippen molar-refractivity contribution in [1.29, 1.82) is 0 Å². The van der Waals surface area contributed by atoms with Crippen LogP contribution in [-0.2, 0) is 4.79 Å². The first kappa shape index (κ1) is 13.8. The van der Waals surface area contributed by atoms with Gasteiger partial charge < -0.3 is 10.0 Å². The molecular formula is C16H19N3O2. The van der Waals surface area contributed by atoms with E-state index >= 15 is 0 Å². The predicted molar refractivity (Wildman–Crippen MR) is 81.3 cm³/mol. The lowest BCUT2D eigenvalue weighted by atomic mass is 9.83. The number of carboxylic acids is 1. The second-order valence-electron chi connectivity index (χ2n) is 5.75. The molecule has 1 aromatic carbocycles. The van der Waals surface area contributed by atoms with Gasteiger partial charge in [-0.1, -0.05) is 31.5 Å². The number of hydrogen-bond donors (Lipinski definition) is 1. The first-order chi connectivity index (χ1) is 10.2. The van der Waals surface area contributed by atoms with E-state index in [1.807, 2.05) is 31.2 Å². The molecule has 1 aliphatic rings.